The number of anilines is 1. The molecular weight excluding hydrogens is 233 g/mol. The molecule has 0 atom stereocenters. The van der Waals surface area contributed by atoms with Crippen LogP contribution in [0.15, 0.2) is 18.2 Å². The molecule has 0 aliphatic carbocycles. The smallest absolute Gasteiger partial charge is 0.0637 e. The zero-order valence-corrected chi connectivity index (χ0v) is 10.5. The number of hydrogen-bond acceptors (Lipinski definition) is 2. The highest BCUT2D eigenvalue weighted by atomic mass is 35.5. The number of hydrogen-bond donors (Lipinski definition) is 0. The summed E-state index contributed by atoms with van der Waals surface area (Å²) in [6.07, 6.45) is 0. The highest BCUT2D eigenvalue weighted by molar-refractivity contribution is 6.31. The molecule has 1 aromatic rings. The number of nitrogens with zero attached hydrogens (tertiary/aromatic N) is 1. The lowest BCUT2D eigenvalue weighted by molar-refractivity contribution is 0.206. The van der Waals surface area contributed by atoms with Gasteiger partial charge in [0.2, 0.25) is 0 Å². The van der Waals surface area contributed by atoms with E-state index in [0.29, 0.717) is 12.5 Å². The van der Waals surface area contributed by atoms with Crippen LogP contribution in [0.5, 0.6) is 0 Å². The first kappa shape index (κ1) is 12.6. The second kappa shape index (κ2) is 6.21. The summed E-state index contributed by atoms with van der Waals surface area (Å²) < 4.78 is 5.03. The van der Waals surface area contributed by atoms with Crippen LogP contribution in [0.25, 0.3) is 0 Å². The van der Waals surface area contributed by atoms with Gasteiger partial charge in [-0.3, -0.25) is 0 Å². The number of alkyl halides is 1. The SMILES string of the molecule is COCCN(C)c1cc(Cl)ccc1CCl. The van der Waals surface area contributed by atoms with E-state index in [-0.39, 0.29) is 0 Å². The van der Waals surface area contributed by atoms with Crippen molar-refractivity contribution in [2.24, 2.45) is 0 Å². The summed E-state index contributed by atoms with van der Waals surface area (Å²) in [5.74, 6) is 0.490. The fourth-order valence-corrected chi connectivity index (χ4v) is 1.75. The average Bonchev–Trinajstić information content (AvgIpc) is 2.25. The highest BCUT2D eigenvalue weighted by Gasteiger charge is 2.07. The Bertz CT molecular complexity index is 317. The summed E-state index contributed by atoms with van der Waals surface area (Å²) in [7, 11) is 3.69. The van der Waals surface area contributed by atoms with E-state index in [0.717, 1.165) is 22.8 Å². The Morgan fingerprint density at radius 3 is 2.73 bits per heavy atom. The zero-order valence-electron chi connectivity index (χ0n) is 8.96. The van der Waals surface area contributed by atoms with Gasteiger partial charge in [0, 0.05) is 37.3 Å². The number of halogens is 2. The van der Waals surface area contributed by atoms with E-state index in [1.807, 2.05) is 25.2 Å². The first-order chi connectivity index (χ1) is 7.19. The van der Waals surface area contributed by atoms with Gasteiger partial charge in [0.25, 0.3) is 0 Å². The van der Waals surface area contributed by atoms with E-state index >= 15 is 0 Å². The Morgan fingerprint density at radius 1 is 1.40 bits per heavy atom. The maximum atomic E-state index is 5.95. The molecule has 0 aromatic heterocycles. The summed E-state index contributed by atoms with van der Waals surface area (Å²) >= 11 is 11.8. The first-order valence-corrected chi connectivity index (χ1v) is 5.64. The molecule has 84 valence electrons. The van der Waals surface area contributed by atoms with Gasteiger partial charge in [-0.2, -0.15) is 0 Å². The van der Waals surface area contributed by atoms with Gasteiger partial charge < -0.3 is 9.64 Å². The quantitative estimate of drug-likeness (QED) is 0.742. The molecule has 0 fully saturated rings. The second-order valence-electron chi connectivity index (χ2n) is 3.32. The standard InChI is InChI=1S/C11H15Cl2NO/c1-14(5-6-15-2)11-7-10(13)4-3-9(11)8-12/h3-4,7H,5-6,8H2,1-2H3. The minimum atomic E-state index is 0.490. The lowest BCUT2D eigenvalue weighted by atomic mass is 10.2. The molecule has 0 spiro atoms. The molecule has 0 amide bonds. The molecule has 0 aliphatic rings. The van der Waals surface area contributed by atoms with Crippen molar-refractivity contribution in [3.8, 4) is 0 Å². The summed E-state index contributed by atoms with van der Waals surface area (Å²) in [5, 5.41) is 0.725. The Balaban J connectivity index is 2.85. The molecule has 0 radical (unpaired) electrons. The third-order valence-electron chi connectivity index (χ3n) is 2.23. The molecule has 1 rings (SSSR count). The minimum absolute atomic E-state index is 0.490. The predicted molar refractivity (Wildman–Crippen MR) is 66.2 cm³/mol. The van der Waals surface area contributed by atoms with Gasteiger partial charge in [-0.15, -0.1) is 11.6 Å². The number of ether oxygens (including phenoxy) is 1. The van der Waals surface area contributed by atoms with Gasteiger partial charge in [0.05, 0.1) is 6.61 Å². The van der Waals surface area contributed by atoms with Crippen molar-refractivity contribution in [3.05, 3.63) is 28.8 Å². The van der Waals surface area contributed by atoms with Crippen LogP contribution in [0.2, 0.25) is 5.02 Å². The Kier molecular flexibility index (Phi) is 5.23. The van der Waals surface area contributed by atoms with E-state index in [2.05, 4.69) is 4.90 Å². The molecule has 1 aromatic carbocycles. The molecule has 0 heterocycles. The van der Waals surface area contributed by atoms with Gasteiger partial charge in [0.1, 0.15) is 0 Å². The minimum Gasteiger partial charge on any atom is -0.383 e. The van der Waals surface area contributed by atoms with E-state index in [1.165, 1.54) is 0 Å². The number of likely N-dealkylation sites (N-methyl/N-ethyl adjacent to an activating group) is 1. The number of benzene rings is 1. The monoisotopic (exact) mass is 247 g/mol. The normalized spacial score (nSPS) is 10.4. The van der Waals surface area contributed by atoms with Crippen LogP contribution in [0.3, 0.4) is 0 Å². The van der Waals surface area contributed by atoms with Crippen LogP contribution in [0.4, 0.5) is 5.69 Å². The van der Waals surface area contributed by atoms with Crippen molar-refractivity contribution in [2.45, 2.75) is 5.88 Å². The third kappa shape index (κ3) is 3.56. The van der Waals surface area contributed by atoms with Gasteiger partial charge in [-0.25, -0.2) is 0 Å². The summed E-state index contributed by atoms with van der Waals surface area (Å²) in [5.41, 5.74) is 2.15. The molecule has 4 heteroatoms. The van der Waals surface area contributed by atoms with Crippen molar-refractivity contribution in [2.75, 3.05) is 32.2 Å². The van der Waals surface area contributed by atoms with Gasteiger partial charge in [-0.1, -0.05) is 17.7 Å². The topological polar surface area (TPSA) is 12.5 Å². The van der Waals surface area contributed by atoms with Crippen molar-refractivity contribution >= 4 is 28.9 Å². The van der Waals surface area contributed by atoms with E-state index in [1.54, 1.807) is 7.11 Å². The van der Waals surface area contributed by atoms with Crippen LogP contribution in [-0.2, 0) is 10.6 Å². The molecule has 2 nitrogen and oxygen atoms in total. The molecule has 0 N–H and O–H groups in total. The summed E-state index contributed by atoms with van der Waals surface area (Å²) in [6.45, 7) is 1.51. The highest BCUT2D eigenvalue weighted by Crippen LogP contribution is 2.25. The second-order valence-corrected chi connectivity index (χ2v) is 4.02. The van der Waals surface area contributed by atoms with Crippen LogP contribution < -0.4 is 4.90 Å². The molecular formula is C11H15Cl2NO. The van der Waals surface area contributed by atoms with Gasteiger partial charge in [-0.05, 0) is 17.7 Å². The lowest BCUT2D eigenvalue weighted by Gasteiger charge is -2.21. The van der Waals surface area contributed by atoms with Crippen LogP contribution in [-0.4, -0.2) is 27.3 Å². The van der Waals surface area contributed by atoms with Crippen molar-refractivity contribution in [1.29, 1.82) is 0 Å². The molecule has 0 saturated heterocycles. The molecule has 0 unspecified atom stereocenters. The van der Waals surface area contributed by atoms with Crippen molar-refractivity contribution < 1.29 is 4.74 Å². The molecule has 15 heavy (non-hydrogen) atoms. The molecule has 0 bridgehead atoms. The summed E-state index contributed by atoms with van der Waals surface area (Å²) in [4.78, 5) is 2.09. The fraction of sp³-hybridized carbons (Fsp3) is 0.455. The Morgan fingerprint density at radius 2 is 2.13 bits per heavy atom. The third-order valence-corrected chi connectivity index (χ3v) is 2.76. The summed E-state index contributed by atoms with van der Waals surface area (Å²) in [6, 6.07) is 5.73. The maximum absolute atomic E-state index is 5.95. The van der Waals surface area contributed by atoms with E-state index in [4.69, 9.17) is 27.9 Å². The number of rotatable bonds is 5. The zero-order chi connectivity index (χ0) is 11.3. The number of methoxy groups -OCH3 is 1. The van der Waals surface area contributed by atoms with Crippen LogP contribution >= 0.6 is 23.2 Å². The Hall–Kier alpha value is -0.440. The molecule has 0 aliphatic heterocycles. The van der Waals surface area contributed by atoms with Crippen LogP contribution in [0.1, 0.15) is 5.56 Å². The maximum Gasteiger partial charge on any atom is 0.0637 e. The van der Waals surface area contributed by atoms with Gasteiger partial charge >= 0.3 is 0 Å². The molecule has 0 saturated carbocycles. The van der Waals surface area contributed by atoms with E-state index in [9.17, 15) is 0 Å². The largest absolute Gasteiger partial charge is 0.383 e. The first-order valence-electron chi connectivity index (χ1n) is 4.73. The Labute approximate surface area is 101 Å². The van der Waals surface area contributed by atoms with E-state index < -0.39 is 0 Å². The van der Waals surface area contributed by atoms with Crippen molar-refractivity contribution in [1.82, 2.24) is 0 Å². The van der Waals surface area contributed by atoms with Gasteiger partial charge in [0.15, 0.2) is 0 Å². The van der Waals surface area contributed by atoms with Crippen molar-refractivity contribution in [3.63, 3.8) is 0 Å². The van der Waals surface area contributed by atoms with Crippen LogP contribution in [0, 0.1) is 0 Å². The lowest BCUT2D eigenvalue weighted by Crippen LogP contribution is -2.23. The predicted octanol–water partition coefficient (Wildman–Crippen LogP) is 3.16. The average molecular weight is 248 g/mol. The fourth-order valence-electron chi connectivity index (χ4n) is 1.35.